The molecule has 5 rings (SSSR count). The molecule has 4 aromatic heterocycles. The maximum absolute atomic E-state index is 5.65. The maximum atomic E-state index is 5.65. The number of nitrogens with zero attached hydrogens (tertiary/aromatic N) is 6. The fraction of sp³-hybridized carbons (Fsp3) is 0.294. The van der Waals surface area contributed by atoms with Crippen LogP contribution in [0.2, 0.25) is 0 Å². The Hall–Kier alpha value is -2.74. The van der Waals surface area contributed by atoms with Crippen LogP contribution in [0, 0.1) is 0 Å². The van der Waals surface area contributed by atoms with E-state index < -0.39 is 0 Å². The molecule has 1 aliphatic rings. The fourth-order valence-electron chi connectivity index (χ4n) is 2.96. The number of rotatable bonds is 4. The number of ether oxygens (including phenoxy) is 1. The van der Waals surface area contributed by atoms with Gasteiger partial charge in [-0.3, -0.25) is 4.68 Å². The van der Waals surface area contributed by atoms with E-state index in [-0.39, 0.29) is 0 Å². The zero-order valence-corrected chi connectivity index (χ0v) is 14.7. The lowest BCUT2D eigenvalue weighted by Gasteiger charge is -2.07. The van der Waals surface area contributed by atoms with Crippen LogP contribution in [-0.2, 0) is 7.05 Å². The number of hydrogen-bond donors (Lipinski definition) is 0. The maximum Gasteiger partial charge on any atom is 0.151 e. The first kappa shape index (κ1) is 14.6. The van der Waals surface area contributed by atoms with Crippen molar-refractivity contribution in [3.8, 4) is 27.4 Å². The number of hydrogen-bond acceptors (Lipinski definition) is 6. The number of methoxy groups -OCH3 is 1. The van der Waals surface area contributed by atoms with Crippen LogP contribution in [0.4, 0.5) is 0 Å². The molecule has 0 saturated heterocycles. The summed E-state index contributed by atoms with van der Waals surface area (Å²) in [7, 11) is 3.58. The summed E-state index contributed by atoms with van der Waals surface area (Å²) < 4.78 is 9.27. The molecular weight excluding hydrogens is 336 g/mol. The predicted molar refractivity (Wildman–Crippen MR) is 94.8 cm³/mol. The smallest absolute Gasteiger partial charge is 0.151 e. The Bertz CT molecular complexity index is 1070. The number of aromatic nitrogens is 6. The molecule has 0 aliphatic heterocycles. The summed E-state index contributed by atoms with van der Waals surface area (Å²) in [6, 6.07) is 2.01. The zero-order valence-electron chi connectivity index (χ0n) is 13.9. The standard InChI is InChI=1S/C17H16N6OS/c1-22-8-12(6-18-22)11-5-14(24-2)15-13(7-19-23(15)9-11)17-21-20-16(25-17)10-3-4-10/h5-10H,3-4H2,1-2H3. The molecule has 0 N–H and O–H groups in total. The molecule has 1 aliphatic carbocycles. The van der Waals surface area contributed by atoms with Crippen LogP contribution in [0.3, 0.4) is 0 Å². The lowest BCUT2D eigenvalue weighted by atomic mass is 10.1. The predicted octanol–water partition coefficient (Wildman–Crippen LogP) is 3.14. The zero-order chi connectivity index (χ0) is 17.0. The molecule has 0 bridgehead atoms. The first-order chi connectivity index (χ1) is 12.2. The molecule has 0 amide bonds. The molecule has 7 nitrogen and oxygen atoms in total. The average Bonchev–Trinajstić information content (AvgIpc) is 3.02. The van der Waals surface area contributed by atoms with Gasteiger partial charge in [0.15, 0.2) is 5.01 Å². The number of pyridine rings is 1. The van der Waals surface area contributed by atoms with Gasteiger partial charge in [-0.25, -0.2) is 4.52 Å². The van der Waals surface area contributed by atoms with Crippen molar-refractivity contribution in [2.75, 3.05) is 7.11 Å². The second kappa shape index (κ2) is 5.38. The van der Waals surface area contributed by atoms with Crippen molar-refractivity contribution >= 4 is 16.9 Å². The first-order valence-electron chi connectivity index (χ1n) is 8.11. The highest BCUT2D eigenvalue weighted by Crippen LogP contribution is 2.43. The van der Waals surface area contributed by atoms with E-state index in [1.807, 2.05) is 42.4 Å². The van der Waals surface area contributed by atoms with Crippen LogP contribution in [0.5, 0.6) is 5.75 Å². The van der Waals surface area contributed by atoms with Crippen LogP contribution in [0.25, 0.3) is 27.2 Å². The van der Waals surface area contributed by atoms with Crippen molar-refractivity contribution < 1.29 is 4.74 Å². The van der Waals surface area contributed by atoms with Crippen LogP contribution in [-0.4, -0.2) is 36.7 Å². The van der Waals surface area contributed by atoms with Crippen LogP contribution in [0.15, 0.2) is 30.9 Å². The van der Waals surface area contributed by atoms with Crippen LogP contribution in [0.1, 0.15) is 23.8 Å². The van der Waals surface area contributed by atoms with E-state index in [4.69, 9.17) is 4.74 Å². The van der Waals surface area contributed by atoms with Gasteiger partial charge in [0.2, 0.25) is 0 Å². The molecule has 4 aromatic rings. The van der Waals surface area contributed by atoms with Gasteiger partial charge in [0, 0.05) is 36.5 Å². The summed E-state index contributed by atoms with van der Waals surface area (Å²) in [4.78, 5) is 0. The summed E-state index contributed by atoms with van der Waals surface area (Å²) in [5.41, 5.74) is 3.89. The molecule has 25 heavy (non-hydrogen) atoms. The fourth-order valence-corrected chi connectivity index (χ4v) is 3.99. The minimum absolute atomic E-state index is 0.604. The van der Waals surface area contributed by atoms with Gasteiger partial charge < -0.3 is 4.74 Å². The van der Waals surface area contributed by atoms with E-state index in [1.54, 1.807) is 23.1 Å². The minimum Gasteiger partial charge on any atom is -0.494 e. The van der Waals surface area contributed by atoms with E-state index in [1.165, 1.54) is 12.8 Å². The Morgan fingerprint density at radius 3 is 2.72 bits per heavy atom. The second-order valence-corrected chi connectivity index (χ2v) is 7.28. The van der Waals surface area contributed by atoms with Crippen molar-refractivity contribution in [1.82, 2.24) is 29.6 Å². The Morgan fingerprint density at radius 2 is 2.00 bits per heavy atom. The monoisotopic (exact) mass is 352 g/mol. The first-order valence-corrected chi connectivity index (χ1v) is 8.93. The van der Waals surface area contributed by atoms with Crippen molar-refractivity contribution in [2.24, 2.45) is 7.05 Å². The molecule has 1 fully saturated rings. The molecule has 8 heteroatoms. The van der Waals surface area contributed by atoms with Crippen molar-refractivity contribution in [3.05, 3.63) is 35.9 Å². The Kier molecular flexibility index (Phi) is 3.14. The van der Waals surface area contributed by atoms with E-state index >= 15 is 0 Å². The normalized spacial score (nSPS) is 14.3. The highest BCUT2D eigenvalue weighted by atomic mass is 32.1. The molecule has 126 valence electrons. The highest BCUT2D eigenvalue weighted by molar-refractivity contribution is 7.14. The van der Waals surface area contributed by atoms with Gasteiger partial charge in [-0.05, 0) is 18.9 Å². The quantitative estimate of drug-likeness (QED) is 0.564. The van der Waals surface area contributed by atoms with Gasteiger partial charge in [0.25, 0.3) is 0 Å². The molecule has 0 unspecified atom stereocenters. The SMILES string of the molecule is COc1cc(-c2cnn(C)c2)cn2ncc(-c3nnc(C4CC4)s3)c12. The number of aryl methyl sites for hydroxylation is 1. The molecule has 0 radical (unpaired) electrons. The van der Waals surface area contributed by atoms with E-state index in [0.29, 0.717) is 5.92 Å². The van der Waals surface area contributed by atoms with Gasteiger partial charge in [-0.15, -0.1) is 10.2 Å². The third-order valence-corrected chi connectivity index (χ3v) is 5.55. The Morgan fingerprint density at radius 1 is 1.12 bits per heavy atom. The van der Waals surface area contributed by atoms with Crippen molar-refractivity contribution in [1.29, 1.82) is 0 Å². The van der Waals surface area contributed by atoms with Gasteiger partial charge in [0.05, 0.1) is 25.1 Å². The van der Waals surface area contributed by atoms with Gasteiger partial charge in [0.1, 0.15) is 16.3 Å². The average molecular weight is 352 g/mol. The third-order valence-electron chi connectivity index (χ3n) is 4.43. The summed E-state index contributed by atoms with van der Waals surface area (Å²) in [6.07, 6.45) is 10.1. The third kappa shape index (κ3) is 2.41. The summed E-state index contributed by atoms with van der Waals surface area (Å²) >= 11 is 1.65. The molecule has 4 heterocycles. The molecule has 0 atom stereocenters. The van der Waals surface area contributed by atoms with Crippen LogP contribution < -0.4 is 4.74 Å². The van der Waals surface area contributed by atoms with Gasteiger partial charge in [-0.2, -0.15) is 10.2 Å². The second-order valence-electron chi connectivity index (χ2n) is 6.27. The van der Waals surface area contributed by atoms with Crippen LogP contribution >= 0.6 is 11.3 Å². The number of fused-ring (bicyclic) bond motifs is 1. The lowest BCUT2D eigenvalue weighted by Crippen LogP contribution is -1.94. The largest absolute Gasteiger partial charge is 0.494 e. The summed E-state index contributed by atoms with van der Waals surface area (Å²) in [6.45, 7) is 0. The van der Waals surface area contributed by atoms with E-state index in [2.05, 4.69) is 20.4 Å². The van der Waals surface area contributed by atoms with Crippen molar-refractivity contribution in [3.63, 3.8) is 0 Å². The Balaban J connectivity index is 1.65. The van der Waals surface area contributed by atoms with E-state index in [0.717, 1.165) is 38.0 Å². The minimum atomic E-state index is 0.604. The molecule has 0 aromatic carbocycles. The molecule has 0 spiro atoms. The van der Waals surface area contributed by atoms with Gasteiger partial charge >= 0.3 is 0 Å². The molecular formula is C17H16N6OS. The molecule has 1 saturated carbocycles. The Labute approximate surface area is 147 Å². The summed E-state index contributed by atoms with van der Waals surface area (Å²) in [5.74, 6) is 1.36. The highest BCUT2D eigenvalue weighted by Gasteiger charge is 2.28. The lowest BCUT2D eigenvalue weighted by molar-refractivity contribution is 0.418. The topological polar surface area (TPSA) is 70.1 Å². The van der Waals surface area contributed by atoms with E-state index in [9.17, 15) is 0 Å². The van der Waals surface area contributed by atoms with Crippen molar-refractivity contribution in [2.45, 2.75) is 18.8 Å². The summed E-state index contributed by atoms with van der Waals surface area (Å²) in [5, 5.41) is 19.5. The van der Waals surface area contributed by atoms with Gasteiger partial charge in [-0.1, -0.05) is 11.3 Å².